The quantitative estimate of drug-likeness (QED) is 0.311. The van der Waals surface area contributed by atoms with Crippen molar-refractivity contribution in [3.8, 4) is 0 Å². The van der Waals surface area contributed by atoms with Crippen LogP contribution < -0.4 is 14.7 Å². The van der Waals surface area contributed by atoms with Crippen LogP contribution in [0.1, 0.15) is 46.0 Å². The number of rotatable bonds is 5. The van der Waals surface area contributed by atoms with Gasteiger partial charge in [0, 0.05) is 0 Å². The fourth-order valence-corrected chi connectivity index (χ4v) is 0.775. The number of unbranched alkanes of at least 4 members (excludes halogenated alkanes) is 5. The molecule has 0 aromatic carbocycles. The molecule has 0 aromatic heterocycles. The van der Waals surface area contributed by atoms with Crippen LogP contribution in [0.3, 0.4) is 0 Å². The molecule has 0 rings (SSSR count). The second kappa shape index (κ2) is 13.6. The standard InChI is InChI=1S/C8H17.Ni.H3O4P/c1-3-5-7-8-6-4-2;;1-5(2,3)4/h3H,4-8H2,1-2H3;;(H3,1,2,3,4)/q-1;+3;/p-3. The maximum atomic E-state index is 8.55. The first-order valence-corrected chi connectivity index (χ1v) is 5.88. The molecule has 14 heavy (non-hydrogen) atoms. The minimum Gasteiger partial charge on any atom is -0.822 e. The van der Waals surface area contributed by atoms with Crippen LogP contribution in [-0.2, 0) is 21.1 Å². The van der Waals surface area contributed by atoms with Gasteiger partial charge in [0.15, 0.2) is 0 Å². The third-order valence-corrected chi connectivity index (χ3v) is 1.35. The summed E-state index contributed by atoms with van der Waals surface area (Å²) in [6.45, 7) is 4.38. The Bertz CT molecular complexity index is 123. The molecule has 0 aliphatic carbocycles. The Hall–Kier alpha value is 0.604. The number of phosphoric acid groups is 1. The van der Waals surface area contributed by atoms with Gasteiger partial charge in [-0.15, -0.1) is 0 Å². The third kappa shape index (κ3) is 54.0. The van der Waals surface area contributed by atoms with Crippen molar-refractivity contribution in [2.75, 3.05) is 0 Å². The van der Waals surface area contributed by atoms with E-state index >= 15 is 0 Å². The maximum absolute atomic E-state index is 8.55. The normalized spacial score (nSPS) is 9.79. The third-order valence-electron chi connectivity index (χ3n) is 1.35. The Morgan fingerprint density at radius 1 is 1.14 bits per heavy atom. The van der Waals surface area contributed by atoms with Gasteiger partial charge in [-0.1, -0.05) is 32.6 Å². The summed E-state index contributed by atoms with van der Waals surface area (Å²) in [5.41, 5.74) is 0. The predicted molar refractivity (Wildman–Crippen MR) is 46.3 cm³/mol. The van der Waals surface area contributed by atoms with Gasteiger partial charge in [0.25, 0.3) is 0 Å². The topological polar surface area (TPSA) is 86.2 Å². The van der Waals surface area contributed by atoms with Crippen molar-refractivity contribution in [2.24, 2.45) is 0 Å². The van der Waals surface area contributed by atoms with Gasteiger partial charge in [-0.3, -0.25) is 0 Å². The van der Waals surface area contributed by atoms with Crippen LogP contribution in [-0.4, -0.2) is 0 Å². The largest absolute Gasteiger partial charge is 3.00 e. The molecule has 0 heterocycles. The smallest absolute Gasteiger partial charge is 0.822 e. The monoisotopic (exact) mass is 266 g/mol. The molecule has 6 heteroatoms. The van der Waals surface area contributed by atoms with Crippen molar-refractivity contribution >= 4 is 7.82 Å². The van der Waals surface area contributed by atoms with E-state index in [-0.39, 0.29) is 16.5 Å². The molecular formula is C8H17NiO4P-. The summed E-state index contributed by atoms with van der Waals surface area (Å²) >= 11 is 0. The van der Waals surface area contributed by atoms with E-state index < -0.39 is 7.82 Å². The fraction of sp³-hybridized carbons (Fsp3) is 0.875. The molecule has 89 valence electrons. The molecular weight excluding hydrogens is 250 g/mol. The van der Waals surface area contributed by atoms with Crippen LogP contribution in [0.4, 0.5) is 0 Å². The summed E-state index contributed by atoms with van der Waals surface area (Å²) < 4.78 is 8.55. The van der Waals surface area contributed by atoms with Gasteiger partial charge in [0.1, 0.15) is 0 Å². The molecule has 0 aromatic rings. The Kier molecular flexibility index (Phi) is 19.5. The van der Waals surface area contributed by atoms with E-state index in [1.807, 2.05) is 0 Å². The van der Waals surface area contributed by atoms with Crippen molar-refractivity contribution in [2.45, 2.75) is 46.0 Å². The molecule has 0 atom stereocenters. The Balaban J connectivity index is -0.000000177. The van der Waals surface area contributed by atoms with E-state index in [9.17, 15) is 0 Å². The Morgan fingerprint density at radius 3 is 1.86 bits per heavy atom. The van der Waals surface area contributed by atoms with Gasteiger partial charge >= 0.3 is 16.5 Å². The molecule has 0 unspecified atom stereocenters. The van der Waals surface area contributed by atoms with Gasteiger partial charge in [0.2, 0.25) is 0 Å². The molecule has 0 aliphatic rings. The summed E-state index contributed by atoms with van der Waals surface area (Å²) in [6.07, 6.45) is 9.12. The van der Waals surface area contributed by atoms with E-state index in [1.54, 1.807) is 0 Å². The zero-order valence-electron chi connectivity index (χ0n) is 8.51. The zero-order chi connectivity index (χ0) is 10.7. The fourth-order valence-electron chi connectivity index (χ4n) is 0.775. The summed E-state index contributed by atoms with van der Waals surface area (Å²) in [6, 6.07) is 0. The van der Waals surface area contributed by atoms with Crippen LogP contribution in [0.2, 0.25) is 0 Å². The molecule has 1 radical (unpaired) electrons. The van der Waals surface area contributed by atoms with Crippen LogP contribution in [0.5, 0.6) is 0 Å². The van der Waals surface area contributed by atoms with Crippen LogP contribution >= 0.6 is 7.82 Å². The summed E-state index contributed by atoms with van der Waals surface area (Å²) in [5, 5.41) is 0. The van der Waals surface area contributed by atoms with Crippen molar-refractivity contribution in [1.82, 2.24) is 0 Å². The van der Waals surface area contributed by atoms with Gasteiger partial charge in [0.05, 0.1) is 0 Å². The van der Waals surface area contributed by atoms with E-state index in [4.69, 9.17) is 19.2 Å². The minimum absolute atomic E-state index is 0. The average Bonchev–Trinajstić information content (AvgIpc) is 1.95. The Labute approximate surface area is 96.3 Å². The first kappa shape index (κ1) is 20.1. The van der Waals surface area contributed by atoms with Crippen molar-refractivity contribution in [3.63, 3.8) is 0 Å². The first-order valence-electron chi connectivity index (χ1n) is 4.42. The molecule has 0 bridgehead atoms. The molecule has 0 aliphatic heterocycles. The second-order valence-corrected chi connectivity index (χ2v) is 3.60. The molecule has 0 saturated heterocycles. The van der Waals surface area contributed by atoms with Crippen molar-refractivity contribution < 1.29 is 35.7 Å². The molecule has 0 amide bonds. The van der Waals surface area contributed by atoms with E-state index in [0.717, 1.165) is 0 Å². The van der Waals surface area contributed by atoms with Crippen molar-refractivity contribution in [3.05, 3.63) is 6.42 Å². The zero-order valence-corrected chi connectivity index (χ0v) is 10.4. The molecule has 0 fully saturated rings. The van der Waals surface area contributed by atoms with E-state index in [2.05, 4.69) is 20.3 Å². The first-order chi connectivity index (χ1) is 5.91. The number of hydrogen-bond acceptors (Lipinski definition) is 4. The average molecular weight is 267 g/mol. The SMILES string of the molecule is C[CH-]CCCCCC.O=P([O-])([O-])[O-].[Ni+3]. The van der Waals surface area contributed by atoms with Gasteiger partial charge in [-0.05, 0) is 0 Å². The molecule has 0 N–H and O–H groups in total. The van der Waals surface area contributed by atoms with Crippen LogP contribution in [0, 0.1) is 6.42 Å². The predicted octanol–water partition coefficient (Wildman–Crippen LogP) is 0.354. The minimum atomic E-state index is -5.39. The van der Waals surface area contributed by atoms with Gasteiger partial charge < -0.3 is 25.7 Å². The summed E-state index contributed by atoms with van der Waals surface area (Å²) in [4.78, 5) is 25.6. The van der Waals surface area contributed by atoms with E-state index in [0.29, 0.717) is 0 Å². The van der Waals surface area contributed by atoms with Gasteiger partial charge in [-0.25, -0.2) is 0 Å². The Morgan fingerprint density at radius 2 is 1.57 bits per heavy atom. The van der Waals surface area contributed by atoms with E-state index in [1.165, 1.54) is 32.1 Å². The maximum Gasteiger partial charge on any atom is 3.00 e. The van der Waals surface area contributed by atoms with Crippen molar-refractivity contribution in [1.29, 1.82) is 0 Å². The number of hydrogen-bond donors (Lipinski definition) is 0. The summed E-state index contributed by atoms with van der Waals surface area (Å²) in [7, 11) is -5.39. The summed E-state index contributed by atoms with van der Waals surface area (Å²) in [5.74, 6) is 0. The van der Waals surface area contributed by atoms with Gasteiger partial charge in [-0.2, -0.15) is 21.2 Å². The second-order valence-electron chi connectivity index (χ2n) is 2.70. The molecule has 0 spiro atoms. The molecule has 4 nitrogen and oxygen atoms in total. The molecule has 0 saturated carbocycles. The van der Waals surface area contributed by atoms with Crippen LogP contribution in [0.15, 0.2) is 0 Å². The van der Waals surface area contributed by atoms with Crippen LogP contribution in [0.25, 0.3) is 0 Å².